The van der Waals surface area contributed by atoms with Gasteiger partial charge in [-0.3, -0.25) is 0 Å². The maximum atomic E-state index is 12.0. The van der Waals surface area contributed by atoms with E-state index in [0.29, 0.717) is 18.2 Å². The third-order valence-corrected chi connectivity index (χ3v) is 5.59. The lowest BCUT2D eigenvalue weighted by atomic mass is 10.1. The number of nitrogens with zero attached hydrogens (tertiary/aromatic N) is 2. The fourth-order valence-electron chi connectivity index (χ4n) is 2.89. The molecule has 0 aliphatic carbocycles. The van der Waals surface area contributed by atoms with Crippen molar-refractivity contribution >= 4 is 39.9 Å². The van der Waals surface area contributed by atoms with Crippen molar-refractivity contribution in [2.45, 2.75) is 26.5 Å². The lowest BCUT2D eigenvalue weighted by Gasteiger charge is -2.30. The second-order valence-electron chi connectivity index (χ2n) is 6.35. The minimum Gasteiger partial charge on any atom is -0.487 e. The number of nitrogens with one attached hydrogen (secondary N) is 2. The summed E-state index contributed by atoms with van der Waals surface area (Å²) in [6.45, 7) is 4.45. The van der Waals surface area contributed by atoms with Gasteiger partial charge in [0.05, 0.1) is 34.0 Å². The number of aromatic amines is 1. The van der Waals surface area contributed by atoms with Gasteiger partial charge in [0, 0.05) is 29.9 Å². The van der Waals surface area contributed by atoms with Gasteiger partial charge in [0.1, 0.15) is 12.4 Å². The molecule has 1 saturated heterocycles. The normalized spacial score (nSPS) is 13.7. The van der Waals surface area contributed by atoms with Crippen LogP contribution in [0.5, 0.6) is 5.75 Å². The van der Waals surface area contributed by atoms with E-state index in [2.05, 4.69) is 15.3 Å². The number of aryl methyl sites for hydroxylation is 1. The van der Waals surface area contributed by atoms with Gasteiger partial charge in [-0.1, -0.05) is 11.6 Å². The Balaban J connectivity index is 1.50. The van der Waals surface area contributed by atoms with Gasteiger partial charge in [-0.25, -0.2) is 9.78 Å². The number of hydrogen-bond donors (Lipinski definition) is 2. The monoisotopic (exact) mass is 390 g/mol. The molecule has 2 amide bonds. The number of benzene rings is 1. The van der Waals surface area contributed by atoms with Crippen LogP contribution in [0, 0.1) is 6.92 Å². The van der Waals surface area contributed by atoms with Crippen molar-refractivity contribution in [1.29, 1.82) is 0 Å². The topological polar surface area (TPSA) is 70.2 Å². The van der Waals surface area contributed by atoms with Crippen molar-refractivity contribution in [3.05, 3.63) is 45.0 Å². The summed E-state index contributed by atoms with van der Waals surface area (Å²) in [5.41, 5.74) is 5.40. The van der Waals surface area contributed by atoms with Crippen LogP contribution in [0.2, 0.25) is 5.02 Å². The third-order valence-electron chi connectivity index (χ3n) is 4.52. The van der Waals surface area contributed by atoms with Crippen molar-refractivity contribution in [2.75, 3.05) is 13.1 Å². The molecule has 1 aromatic carbocycles. The van der Waals surface area contributed by atoms with E-state index in [1.165, 1.54) is 0 Å². The minimum absolute atomic E-state index is 0.0468. The first-order valence-electron chi connectivity index (χ1n) is 8.45. The molecule has 1 aliphatic heterocycles. The minimum atomic E-state index is -0.0468. The number of carbonyl (C=O) groups excluding carboxylic acids is 1. The maximum absolute atomic E-state index is 12.0. The summed E-state index contributed by atoms with van der Waals surface area (Å²) in [5, 5.41) is 6.45. The number of fused-ring (bicyclic) bond motifs is 1. The smallest absolute Gasteiger partial charge is 0.317 e. The number of urea groups is 1. The molecule has 0 bridgehead atoms. The number of thiazole rings is 1. The van der Waals surface area contributed by atoms with Gasteiger partial charge < -0.3 is 19.9 Å². The van der Waals surface area contributed by atoms with Crippen LogP contribution in [0.4, 0.5) is 4.79 Å². The molecule has 0 atom stereocenters. The third kappa shape index (κ3) is 3.37. The number of H-pyrrole nitrogens is 1. The Hall–Kier alpha value is -2.25. The molecule has 0 saturated carbocycles. The van der Waals surface area contributed by atoms with Gasteiger partial charge in [0.25, 0.3) is 0 Å². The zero-order chi connectivity index (χ0) is 18.1. The molecule has 0 unspecified atom stereocenters. The Kier molecular flexibility index (Phi) is 4.74. The van der Waals surface area contributed by atoms with Crippen LogP contribution >= 0.6 is 22.9 Å². The summed E-state index contributed by atoms with van der Waals surface area (Å²) in [4.78, 5) is 21.3. The fraction of sp³-hybridized carbons (Fsp3) is 0.333. The first-order valence-corrected chi connectivity index (χ1v) is 9.77. The van der Waals surface area contributed by atoms with E-state index in [4.69, 9.17) is 16.3 Å². The van der Waals surface area contributed by atoms with Crippen LogP contribution in [0.15, 0.2) is 23.0 Å². The highest BCUT2D eigenvalue weighted by molar-refractivity contribution is 7.07. The van der Waals surface area contributed by atoms with Crippen LogP contribution < -0.4 is 10.1 Å². The van der Waals surface area contributed by atoms with Crippen molar-refractivity contribution in [3.8, 4) is 5.75 Å². The van der Waals surface area contributed by atoms with Crippen molar-refractivity contribution in [1.82, 2.24) is 20.2 Å². The average Bonchev–Trinajstić information content (AvgIpc) is 3.18. The Morgan fingerprint density at radius 3 is 3.00 bits per heavy atom. The Bertz CT molecular complexity index is 934. The predicted octanol–water partition coefficient (Wildman–Crippen LogP) is 4.08. The van der Waals surface area contributed by atoms with Gasteiger partial charge in [-0.05, 0) is 25.0 Å². The van der Waals surface area contributed by atoms with E-state index in [9.17, 15) is 4.79 Å². The highest BCUT2D eigenvalue weighted by Gasteiger charge is 2.20. The molecular weight excluding hydrogens is 372 g/mol. The van der Waals surface area contributed by atoms with Gasteiger partial charge in [0.2, 0.25) is 0 Å². The standard InChI is InChI=1S/C18H19ClN4O2S/c1-11-5-13-14(6-16(11)25-8-12-9-26-10-21-12)22-15(17(13)19)7-20-18(24)23-3-2-4-23/h5-6,9-10,22H,2-4,7-8H2,1H3,(H,20,24). The van der Waals surface area contributed by atoms with Crippen LogP contribution in [-0.2, 0) is 13.2 Å². The first kappa shape index (κ1) is 17.2. The first-order chi connectivity index (χ1) is 12.6. The second kappa shape index (κ2) is 7.17. The Morgan fingerprint density at radius 1 is 1.46 bits per heavy atom. The molecule has 1 fully saturated rings. The molecule has 136 valence electrons. The SMILES string of the molecule is Cc1cc2c(Cl)c(CNC(=O)N3CCC3)[nH]c2cc1OCc1cscn1. The van der Waals surface area contributed by atoms with Gasteiger partial charge in [0.15, 0.2) is 0 Å². The highest BCUT2D eigenvalue weighted by Crippen LogP contribution is 2.33. The van der Waals surface area contributed by atoms with Crippen LogP contribution in [0.1, 0.15) is 23.4 Å². The number of likely N-dealkylation sites (tertiary alicyclic amines) is 1. The number of ether oxygens (including phenoxy) is 1. The predicted molar refractivity (Wildman–Crippen MR) is 103 cm³/mol. The summed E-state index contributed by atoms with van der Waals surface area (Å²) in [7, 11) is 0. The number of aromatic nitrogens is 2. The molecule has 4 rings (SSSR count). The number of amides is 2. The molecule has 2 aromatic heterocycles. The summed E-state index contributed by atoms with van der Waals surface area (Å²) in [6.07, 6.45) is 1.07. The number of hydrogen-bond acceptors (Lipinski definition) is 4. The average molecular weight is 391 g/mol. The molecule has 8 heteroatoms. The molecule has 26 heavy (non-hydrogen) atoms. The summed E-state index contributed by atoms with van der Waals surface area (Å²) < 4.78 is 5.89. The van der Waals surface area contributed by atoms with E-state index in [1.807, 2.05) is 24.4 Å². The lowest BCUT2D eigenvalue weighted by molar-refractivity contribution is 0.167. The second-order valence-corrected chi connectivity index (χ2v) is 7.45. The van der Waals surface area contributed by atoms with E-state index >= 15 is 0 Å². The number of carbonyl (C=O) groups is 1. The maximum Gasteiger partial charge on any atom is 0.317 e. The zero-order valence-electron chi connectivity index (χ0n) is 14.3. The van der Waals surface area contributed by atoms with Crippen molar-refractivity contribution < 1.29 is 9.53 Å². The van der Waals surface area contributed by atoms with Crippen LogP contribution in [0.25, 0.3) is 10.9 Å². The van der Waals surface area contributed by atoms with Gasteiger partial charge >= 0.3 is 6.03 Å². The summed E-state index contributed by atoms with van der Waals surface area (Å²) >= 11 is 8.05. The fourth-order valence-corrected chi connectivity index (χ4v) is 3.70. The molecule has 3 aromatic rings. The number of halogens is 1. The summed E-state index contributed by atoms with van der Waals surface area (Å²) in [5.74, 6) is 0.791. The van der Waals surface area contributed by atoms with Crippen molar-refractivity contribution in [3.63, 3.8) is 0 Å². The quantitative estimate of drug-likeness (QED) is 0.689. The molecule has 0 spiro atoms. The van der Waals surface area contributed by atoms with Crippen LogP contribution in [0.3, 0.4) is 0 Å². The van der Waals surface area contributed by atoms with E-state index in [1.54, 1.807) is 21.7 Å². The van der Waals surface area contributed by atoms with Crippen molar-refractivity contribution in [2.24, 2.45) is 0 Å². The molecular formula is C18H19ClN4O2S. The number of rotatable bonds is 5. The van der Waals surface area contributed by atoms with E-state index in [-0.39, 0.29) is 6.03 Å². The molecule has 3 heterocycles. The Morgan fingerprint density at radius 2 is 2.31 bits per heavy atom. The highest BCUT2D eigenvalue weighted by atomic mass is 35.5. The Labute approximate surface area is 160 Å². The largest absolute Gasteiger partial charge is 0.487 e. The van der Waals surface area contributed by atoms with E-state index < -0.39 is 0 Å². The van der Waals surface area contributed by atoms with Gasteiger partial charge in [-0.2, -0.15) is 0 Å². The zero-order valence-corrected chi connectivity index (χ0v) is 15.9. The van der Waals surface area contributed by atoms with E-state index in [0.717, 1.165) is 53.1 Å². The molecule has 1 aliphatic rings. The molecule has 0 radical (unpaired) electrons. The lowest BCUT2D eigenvalue weighted by Crippen LogP contribution is -2.47. The summed E-state index contributed by atoms with van der Waals surface area (Å²) in [6, 6.07) is 3.91. The van der Waals surface area contributed by atoms with Gasteiger partial charge in [-0.15, -0.1) is 11.3 Å². The molecule has 2 N–H and O–H groups in total. The van der Waals surface area contributed by atoms with Crippen LogP contribution in [-0.4, -0.2) is 34.0 Å². The molecule has 6 nitrogen and oxygen atoms in total.